The van der Waals surface area contributed by atoms with Crippen LogP contribution in [-0.2, 0) is 5.54 Å². The molecule has 21 heavy (non-hydrogen) atoms. The fourth-order valence-corrected chi connectivity index (χ4v) is 2.37. The Bertz CT molecular complexity index is 584. The van der Waals surface area contributed by atoms with Gasteiger partial charge in [0, 0.05) is 18.6 Å². The number of anilines is 2. The molecule has 0 saturated carbocycles. The third-order valence-electron chi connectivity index (χ3n) is 2.57. The van der Waals surface area contributed by atoms with Crippen molar-refractivity contribution < 1.29 is 4.74 Å². The normalized spacial score (nSPS) is 11.5. The molecule has 7 nitrogen and oxygen atoms in total. The van der Waals surface area contributed by atoms with E-state index in [2.05, 4.69) is 30.6 Å². The predicted octanol–water partition coefficient (Wildman–Crippen LogP) is 2.50. The Hall–Kier alpha value is -1.96. The fraction of sp³-hybridized carbons (Fsp3) is 0.538. The van der Waals surface area contributed by atoms with Crippen molar-refractivity contribution in [2.45, 2.75) is 39.3 Å². The van der Waals surface area contributed by atoms with Gasteiger partial charge in [-0.05, 0) is 27.7 Å². The Morgan fingerprint density at radius 3 is 2.48 bits per heavy atom. The summed E-state index contributed by atoms with van der Waals surface area (Å²) in [6.07, 6.45) is 1.78. The lowest BCUT2D eigenvalue weighted by Gasteiger charge is -2.24. The summed E-state index contributed by atoms with van der Waals surface area (Å²) in [5, 5.41) is 9.08. The highest BCUT2D eigenvalue weighted by molar-refractivity contribution is 7.09. The Labute approximate surface area is 128 Å². The van der Waals surface area contributed by atoms with Crippen LogP contribution in [0.25, 0.3) is 0 Å². The highest BCUT2D eigenvalue weighted by Crippen LogP contribution is 2.26. The van der Waals surface area contributed by atoms with E-state index >= 15 is 0 Å². The van der Waals surface area contributed by atoms with Crippen molar-refractivity contribution in [3.05, 3.63) is 16.6 Å². The number of hydrogen-bond donors (Lipinski definition) is 2. The molecule has 0 amide bonds. The van der Waals surface area contributed by atoms with Gasteiger partial charge in [-0.1, -0.05) is 0 Å². The van der Waals surface area contributed by atoms with Gasteiger partial charge in [0.15, 0.2) is 0 Å². The Balaban J connectivity index is 2.26. The number of hydrogen-bond acceptors (Lipinski definition) is 8. The number of nitrogens with zero attached hydrogens (tertiary/aromatic N) is 4. The zero-order valence-corrected chi connectivity index (χ0v) is 13.7. The Morgan fingerprint density at radius 1 is 1.19 bits per heavy atom. The van der Waals surface area contributed by atoms with Crippen LogP contribution >= 0.6 is 11.3 Å². The van der Waals surface area contributed by atoms with E-state index in [4.69, 9.17) is 4.74 Å². The first-order valence-corrected chi connectivity index (χ1v) is 7.57. The van der Waals surface area contributed by atoms with Gasteiger partial charge in [-0.25, -0.2) is 4.98 Å². The van der Waals surface area contributed by atoms with Crippen LogP contribution in [0.1, 0.15) is 32.7 Å². The zero-order valence-electron chi connectivity index (χ0n) is 12.8. The molecule has 0 saturated heterocycles. The van der Waals surface area contributed by atoms with E-state index in [1.54, 1.807) is 24.6 Å². The quantitative estimate of drug-likeness (QED) is 0.848. The highest BCUT2D eigenvalue weighted by Gasteiger charge is 2.25. The Morgan fingerprint density at radius 2 is 1.90 bits per heavy atom. The van der Waals surface area contributed by atoms with Crippen LogP contribution in [0.3, 0.4) is 0 Å². The van der Waals surface area contributed by atoms with Crippen molar-refractivity contribution in [1.29, 1.82) is 0 Å². The van der Waals surface area contributed by atoms with Crippen molar-refractivity contribution in [3.63, 3.8) is 0 Å². The Kier molecular flexibility index (Phi) is 4.56. The van der Waals surface area contributed by atoms with Crippen molar-refractivity contribution >= 4 is 23.2 Å². The van der Waals surface area contributed by atoms with Crippen LogP contribution < -0.4 is 15.4 Å². The number of ether oxygens (including phenoxy) is 1. The molecule has 2 aromatic heterocycles. The first-order chi connectivity index (χ1) is 9.90. The predicted molar refractivity (Wildman–Crippen MR) is 83.9 cm³/mol. The second-order valence-electron chi connectivity index (χ2n) is 5.27. The van der Waals surface area contributed by atoms with Gasteiger partial charge in [0.2, 0.25) is 11.9 Å². The summed E-state index contributed by atoms with van der Waals surface area (Å²) in [7, 11) is 1.75. The van der Waals surface area contributed by atoms with Gasteiger partial charge in [0.25, 0.3) is 0 Å². The van der Waals surface area contributed by atoms with Crippen LogP contribution in [0, 0.1) is 0 Å². The molecule has 0 spiro atoms. The first-order valence-electron chi connectivity index (χ1n) is 6.69. The lowest BCUT2D eigenvalue weighted by molar-refractivity contribution is 0.222. The van der Waals surface area contributed by atoms with E-state index in [1.165, 1.54) is 0 Å². The molecule has 0 atom stereocenters. The first kappa shape index (κ1) is 15.4. The summed E-state index contributed by atoms with van der Waals surface area (Å²) >= 11 is 1.58. The molecule has 114 valence electrons. The van der Waals surface area contributed by atoms with Gasteiger partial charge in [0.05, 0.1) is 11.6 Å². The second kappa shape index (κ2) is 6.21. The van der Waals surface area contributed by atoms with Crippen LogP contribution in [0.5, 0.6) is 6.01 Å². The topological polar surface area (TPSA) is 84.9 Å². The fourth-order valence-electron chi connectivity index (χ4n) is 1.65. The average molecular weight is 308 g/mol. The third kappa shape index (κ3) is 4.01. The summed E-state index contributed by atoms with van der Waals surface area (Å²) in [4.78, 5) is 17.1. The van der Waals surface area contributed by atoms with Crippen molar-refractivity contribution in [2.75, 3.05) is 17.7 Å². The monoisotopic (exact) mass is 308 g/mol. The van der Waals surface area contributed by atoms with Gasteiger partial charge in [0.1, 0.15) is 5.01 Å². The molecular formula is C13H20N6OS. The SMILES string of the molecule is CNc1nc(NC(C)(C)c2nccs2)nc(OC(C)C)n1. The number of nitrogens with one attached hydrogen (secondary N) is 2. The van der Waals surface area contributed by atoms with Crippen LogP contribution in [0.2, 0.25) is 0 Å². The number of rotatable bonds is 6. The van der Waals surface area contributed by atoms with Gasteiger partial charge < -0.3 is 15.4 Å². The van der Waals surface area contributed by atoms with Crippen LogP contribution in [-0.4, -0.2) is 33.1 Å². The molecule has 0 fully saturated rings. The number of thiazole rings is 1. The zero-order chi connectivity index (χ0) is 15.5. The second-order valence-corrected chi connectivity index (χ2v) is 6.16. The van der Waals surface area contributed by atoms with E-state index < -0.39 is 0 Å². The summed E-state index contributed by atoms with van der Waals surface area (Å²) in [6, 6.07) is 0.293. The van der Waals surface area contributed by atoms with Crippen molar-refractivity contribution in [1.82, 2.24) is 19.9 Å². The van der Waals surface area contributed by atoms with Gasteiger partial charge in [-0.3, -0.25) is 0 Å². The molecule has 0 radical (unpaired) electrons. The lowest BCUT2D eigenvalue weighted by Crippen LogP contribution is -2.29. The summed E-state index contributed by atoms with van der Waals surface area (Å²) in [5.41, 5.74) is -0.379. The van der Waals surface area contributed by atoms with E-state index in [1.807, 2.05) is 33.1 Å². The maximum absolute atomic E-state index is 5.55. The largest absolute Gasteiger partial charge is 0.461 e. The third-order valence-corrected chi connectivity index (χ3v) is 3.67. The highest BCUT2D eigenvalue weighted by atomic mass is 32.1. The van der Waals surface area contributed by atoms with Crippen molar-refractivity contribution in [3.8, 4) is 6.01 Å². The molecular weight excluding hydrogens is 288 g/mol. The number of aromatic nitrogens is 4. The van der Waals surface area contributed by atoms with E-state index in [9.17, 15) is 0 Å². The molecule has 0 aliphatic rings. The molecule has 2 rings (SSSR count). The van der Waals surface area contributed by atoms with E-state index in [-0.39, 0.29) is 11.6 Å². The minimum Gasteiger partial charge on any atom is -0.461 e. The van der Waals surface area contributed by atoms with Crippen LogP contribution in [0.4, 0.5) is 11.9 Å². The minimum atomic E-state index is -0.379. The molecule has 8 heteroatoms. The van der Waals surface area contributed by atoms with E-state index in [0.717, 1.165) is 5.01 Å². The van der Waals surface area contributed by atoms with Gasteiger partial charge in [-0.2, -0.15) is 15.0 Å². The van der Waals surface area contributed by atoms with E-state index in [0.29, 0.717) is 17.9 Å². The molecule has 0 aliphatic carbocycles. The smallest absolute Gasteiger partial charge is 0.323 e. The van der Waals surface area contributed by atoms with Gasteiger partial charge in [-0.15, -0.1) is 11.3 Å². The average Bonchev–Trinajstić information content (AvgIpc) is 2.91. The summed E-state index contributed by atoms with van der Waals surface area (Å²) in [5.74, 6) is 0.906. The molecule has 0 bridgehead atoms. The molecule has 0 unspecified atom stereocenters. The molecule has 2 aromatic rings. The lowest BCUT2D eigenvalue weighted by atomic mass is 10.1. The van der Waals surface area contributed by atoms with Crippen LogP contribution in [0.15, 0.2) is 11.6 Å². The minimum absolute atomic E-state index is 0.00284. The summed E-state index contributed by atoms with van der Waals surface area (Å²) in [6.45, 7) is 7.90. The maximum Gasteiger partial charge on any atom is 0.323 e. The molecule has 2 N–H and O–H groups in total. The standard InChI is InChI=1S/C13H20N6OS/c1-8(2)20-12-17-10(14-5)16-11(18-12)19-13(3,4)9-15-6-7-21-9/h6-8H,1-5H3,(H2,14,16,17,18,19). The maximum atomic E-state index is 5.55. The molecule has 2 heterocycles. The van der Waals surface area contributed by atoms with Crippen molar-refractivity contribution in [2.24, 2.45) is 0 Å². The summed E-state index contributed by atoms with van der Waals surface area (Å²) < 4.78 is 5.55. The molecule has 0 aliphatic heterocycles. The van der Waals surface area contributed by atoms with Gasteiger partial charge >= 0.3 is 6.01 Å². The molecule has 0 aromatic carbocycles.